The molecule has 30 heavy (non-hydrogen) atoms. The van der Waals surface area contributed by atoms with E-state index in [1.54, 1.807) is 12.4 Å². The van der Waals surface area contributed by atoms with Crippen LogP contribution < -0.4 is 0 Å². The Balaban J connectivity index is 1.35. The van der Waals surface area contributed by atoms with Crippen LogP contribution in [0, 0.1) is 19.3 Å². The molecule has 0 aromatic carbocycles. The minimum atomic E-state index is -0.0450. The average Bonchev–Trinajstić information content (AvgIpc) is 3.48. The third-order valence-corrected chi connectivity index (χ3v) is 6.99. The van der Waals surface area contributed by atoms with E-state index in [-0.39, 0.29) is 17.2 Å². The molecule has 3 aromatic rings. The Morgan fingerprint density at radius 2 is 2.13 bits per heavy atom. The number of carbonyl (C=O) groups excluding carboxylic acids is 1. The maximum absolute atomic E-state index is 13.3. The lowest BCUT2D eigenvalue weighted by Gasteiger charge is -2.42. The molecule has 1 atom stereocenters. The summed E-state index contributed by atoms with van der Waals surface area (Å²) in [5, 5.41) is 12.5. The molecule has 8 heteroatoms. The summed E-state index contributed by atoms with van der Waals surface area (Å²) in [6, 6.07) is 3.66. The fourth-order valence-electron chi connectivity index (χ4n) is 5.07. The molecule has 0 radical (unpaired) electrons. The number of hydrogen-bond donors (Lipinski definition) is 0. The zero-order valence-corrected chi connectivity index (χ0v) is 17.7. The van der Waals surface area contributed by atoms with Gasteiger partial charge in [-0.15, -0.1) is 10.2 Å². The van der Waals surface area contributed by atoms with Crippen molar-refractivity contribution in [2.75, 3.05) is 13.1 Å². The first-order valence-electron chi connectivity index (χ1n) is 10.7. The van der Waals surface area contributed by atoms with Crippen molar-refractivity contribution in [2.45, 2.75) is 58.9 Å². The second-order valence-corrected chi connectivity index (χ2v) is 8.67. The summed E-state index contributed by atoms with van der Waals surface area (Å²) >= 11 is 0. The van der Waals surface area contributed by atoms with Crippen LogP contribution in [0.2, 0.25) is 0 Å². The molecule has 1 unspecified atom stereocenters. The first-order valence-corrected chi connectivity index (χ1v) is 10.7. The Morgan fingerprint density at radius 3 is 2.80 bits per heavy atom. The molecule has 1 saturated carbocycles. The van der Waals surface area contributed by atoms with Gasteiger partial charge in [-0.3, -0.25) is 4.79 Å². The van der Waals surface area contributed by atoms with Crippen molar-refractivity contribution in [2.24, 2.45) is 5.41 Å². The molecule has 0 N–H and O–H groups in total. The molecule has 0 bridgehead atoms. The molecular weight excluding hydrogens is 382 g/mol. The molecule has 4 heterocycles. The van der Waals surface area contributed by atoms with Crippen molar-refractivity contribution in [3.8, 4) is 0 Å². The van der Waals surface area contributed by atoms with E-state index < -0.39 is 0 Å². The van der Waals surface area contributed by atoms with Gasteiger partial charge in [0.15, 0.2) is 5.76 Å². The highest BCUT2D eigenvalue weighted by Gasteiger charge is 2.53. The SMILES string of the molecule is CCn1cnnc1C1CN(C(=O)c2ccc(Cc3c(C)noc3C)o2)CC12CCC2. The van der Waals surface area contributed by atoms with Gasteiger partial charge in [0.05, 0.1) is 5.69 Å². The largest absolute Gasteiger partial charge is 0.456 e. The van der Waals surface area contributed by atoms with Crippen molar-refractivity contribution in [3.05, 3.63) is 52.8 Å². The van der Waals surface area contributed by atoms with Gasteiger partial charge in [0.2, 0.25) is 0 Å². The zero-order valence-electron chi connectivity index (χ0n) is 17.7. The fraction of sp³-hybridized carbons (Fsp3) is 0.545. The first-order chi connectivity index (χ1) is 14.5. The molecule has 1 aliphatic heterocycles. The number of aromatic nitrogens is 4. The smallest absolute Gasteiger partial charge is 0.289 e. The summed E-state index contributed by atoms with van der Waals surface area (Å²) in [6.45, 7) is 8.16. The van der Waals surface area contributed by atoms with Crippen molar-refractivity contribution < 1.29 is 13.7 Å². The molecule has 2 fully saturated rings. The summed E-state index contributed by atoms with van der Waals surface area (Å²) in [7, 11) is 0. The summed E-state index contributed by atoms with van der Waals surface area (Å²) in [6.07, 6.45) is 5.84. The minimum absolute atomic E-state index is 0.0450. The standard InChI is InChI=1S/C22H27N5O3/c1-4-26-13-23-24-20(26)18-11-27(12-22(18)8-5-9-22)21(28)19-7-6-16(29-19)10-17-14(2)25-30-15(17)3/h6-7,13,18H,4-5,8-12H2,1-3H3. The van der Waals surface area contributed by atoms with E-state index >= 15 is 0 Å². The molecule has 1 amide bonds. The number of likely N-dealkylation sites (tertiary alicyclic amines) is 1. The van der Waals surface area contributed by atoms with Crippen LogP contribution in [0.5, 0.6) is 0 Å². The second-order valence-electron chi connectivity index (χ2n) is 8.67. The van der Waals surface area contributed by atoms with Gasteiger partial charge >= 0.3 is 0 Å². The van der Waals surface area contributed by atoms with E-state index in [0.29, 0.717) is 18.7 Å². The van der Waals surface area contributed by atoms with E-state index in [0.717, 1.165) is 54.5 Å². The summed E-state index contributed by atoms with van der Waals surface area (Å²) < 4.78 is 13.3. The Labute approximate surface area is 175 Å². The van der Waals surface area contributed by atoms with Gasteiger partial charge in [-0.1, -0.05) is 11.6 Å². The molecular formula is C22H27N5O3. The third kappa shape index (κ3) is 2.97. The quantitative estimate of drug-likeness (QED) is 0.641. The molecule has 1 aliphatic carbocycles. The minimum Gasteiger partial charge on any atom is -0.456 e. The van der Waals surface area contributed by atoms with Crippen LogP contribution in [-0.2, 0) is 13.0 Å². The van der Waals surface area contributed by atoms with Gasteiger partial charge in [0, 0.05) is 37.5 Å². The number of rotatable bonds is 5. The van der Waals surface area contributed by atoms with E-state index in [1.807, 2.05) is 24.8 Å². The maximum atomic E-state index is 13.3. The molecule has 3 aromatic heterocycles. The molecule has 1 spiro atoms. The Morgan fingerprint density at radius 1 is 1.30 bits per heavy atom. The monoisotopic (exact) mass is 409 g/mol. The highest BCUT2D eigenvalue weighted by atomic mass is 16.5. The van der Waals surface area contributed by atoms with Crippen molar-refractivity contribution in [1.29, 1.82) is 0 Å². The van der Waals surface area contributed by atoms with Crippen molar-refractivity contribution >= 4 is 5.91 Å². The lowest BCUT2D eigenvalue weighted by atomic mass is 9.62. The molecule has 5 rings (SSSR count). The predicted octanol–water partition coefficient (Wildman–Crippen LogP) is 3.50. The van der Waals surface area contributed by atoms with Gasteiger partial charge in [0.1, 0.15) is 23.7 Å². The maximum Gasteiger partial charge on any atom is 0.289 e. The van der Waals surface area contributed by atoms with Gasteiger partial charge in [-0.05, 0) is 51.2 Å². The predicted molar refractivity (Wildman–Crippen MR) is 108 cm³/mol. The average molecular weight is 409 g/mol. The highest BCUT2D eigenvalue weighted by molar-refractivity contribution is 5.92. The van der Waals surface area contributed by atoms with Crippen molar-refractivity contribution in [1.82, 2.24) is 24.8 Å². The van der Waals surface area contributed by atoms with Gasteiger partial charge in [0.25, 0.3) is 5.91 Å². The van der Waals surface area contributed by atoms with Gasteiger partial charge in [-0.25, -0.2) is 0 Å². The highest BCUT2D eigenvalue weighted by Crippen LogP contribution is 2.55. The van der Waals surface area contributed by atoms with Crippen LogP contribution in [0.4, 0.5) is 0 Å². The normalized spacial score (nSPS) is 20.1. The van der Waals surface area contributed by atoms with Crippen LogP contribution in [0.3, 0.4) is 0 Å². The number of aryl methyl sites for hydroxylation is 3. The van der Waals surface area contributed by atoms with E-state index in [1.165, 1.54) is 6.42 Å². The first kappa shape index (κ1) is 19.1. The fourth-order valence-corrected chi connectivity index (χ4v) is 5.07. The molecule has 8 nitrogen and oxygen atoms in total. The van der Waals surface area contributed by atoms with Crippen LogP contribution >= 0.6 is 0 Å². The summed E-state index contributed by atoms with van der Waals surface area (Å²) in [5.41, 5.74) is 1.99. The van der Waals surface area contributed by atoms with E-state index in [9.17, 15) is 4.79 Å². The number of amides is 1. The number of nitrogens with zero attached hydrogens (tertiary/aromatic N) is 5. The van der Waals surface area contributed by atoms with Crippen LogP contribution in [-0.4, -0.2) is 43.8 Å². The van der Waals surface area contributed by atoms with Crippen LogP contribution in [0.15, 0.2) is 27.4 Å². The van der Waals surface area contributed by atoms with Crippen LogP contribution in [0.1, 0.15) is 71.3 Å². The van der Waals surface area contributed by atoms with Gasteiger partial charge in [-0.2, -0.15) is 0 Å². The van der Waals surface area contributed by atoms with E-state index in [2.05, 4.69) is 26.8 Å². The zero-order chi connectivity index (χ0) is 20.9. The van der Waals surface area contributed by atoms with E-state index in [4.69, 9.17) is 8.94 Å². The number of furan rings is 1. The molecule has 1 saturated heterocycles. The Hall–Kier alpha value is -2.90. The topological polar surface area (TPSA) is 90.2 Å². The lowest BCUT2D eigenvalue weighted by Crippen LogP contribution is -2.38. The van der Waals surface area contributed by atoms with Crippen molar-refractivity contribution in [3.63, 3.8) is 0 Å². The number of hydrogen-bond acceptors (Lipinski definition) is 6. The lowest BCUT2D eigenvalue weighted by molar-refractivity contribution is 0.0692. The van der Waals surface area contributed by atoms with Crippen LogP contribution in [0.25, 0.3) is 0 Å². The molecule has 2 aliphatic rings. The Bertz CT molecular complexity index is 1050. The third-order valence-electron chi connectivity index (χ3n) is 6.99. The molecule has 158 valence electrons. The summed E-state index contributed by atoms with van der Waals surface area (Å²) in [4.78, 5) is 15.2. The summed E-state index contributed by atoms with van der Waals surface area (Å²) in [5.74, 6) is 3.11. The Kier molecular flexibility index (Phi) is 4.52. The number of carbonyl (C=O) groups is 1. The van der Waals surface area contributed by atoms with Gasteiger partial charge < -0.3 is 18.4 Å². The second kappa shape index (κ2) is 7.11.